The zero-order valence-electron chi connectivity index (χ0n) is 10.4. The highest BCUT2D eigenvalue weighted by molar-refractivity contribution is 6.33. The molecule has 4 N–H and O–H groups in total. The fourth-order valence-electron chi connectivity index (χ4n) is 1.77. The third-order valence-electron chi connectivity index (χ3n) is 3.03. The van der Waals surface area contributed by atoms with Crippen LogP contribution in [0.3, 0.4) is 0 Å². The van der Waals surface area contributed by atoms with E-state index in [1.165, 1.54) is 0 Å². The Bertz CT molecular complexity index is 458. The van der Waals surface area contributed by atoms with Crippen molar-refractivity contribution in [3.05, 3.63) is 22.7 Å². The molecule has 2 rings (SSSR count). The second-order valence-electron chi connectivity index (χ2n) is 4.68. The topological polar surface area (TPSA) is 67.2 Å². The minimum Gasteiger partial charge on any atom is -0.398 e. The molecule has 0 radical (unpaired) electrons. The van der Waals surface area contributed by atoms with Gasteiger partial charge in [-0.05, 0) is 37.5 Å². The third kappa shape index (κ3) is 3.29. The lowest BCUT2D eigenvalue weighted by molar-refractivity contribution is -0.122. The average molecular weight is 268 g/mol. The minimum atomic E-state index is 0.170. The maximum Gasteiger partial charge on any atom is 0.223 e. The first-order chi connectivity index (χ1) is 8.58. The zero-order valence-corrected chi connectivity index (χ0v) is 11.2. The van der Waals surface area contributed by atoms with Crippen molar-refractivity contribution in [2.24, 2.45) is 5.92 Å². The molecule has 0 unspecified atom stereocenters. The normalized spacial score (nSPS) is 14.3. The molecule has 0 heterocycles. The first kappa shape index (κ1) is 13.0. The van der Waals surface area contributed by atoms with Crippen molar-refractivity contribution in [3.63, 3.8) is 0 Å². The monoisotopic (exact) mass is 267 g/mol. The van der Waals surface area contributed by atoms with Crippen molar-refractivity contribution < 1.29 is 4.79 Å². The first-order valence-corrected chi connectivity index (χ1v) is 6.53. The fourth-order valence-corrected chi connectivity index (χ4v) is 1.93. The Morgan fingerprint density at radius 2 is 2.17 bits per heavy atom. The Morgan fingerprint density at radius 1 is 1.44 bits per heavy atom. The summed E-state index contributed by atoms with van der Waals surface area (Å²) in [5.74, 6) is 0.432. The lowest BCUT2D eigenvalue weighted by Gasteiger charge is -2.12. The number of hydrogen-bond donors (Lipinski definition) is 3. The molecule has 0 aromatic heterocycles. The van der Waals surface area contributed by atoms with E-state index in [1.54, 1.807) is 0 Å². The van der Waals surface area contributed by atoms with Crippen molar-refractivity contribution in [2.75, 3.05) is 24.1 Å². The SMILES string of the molecule is Cc1cc(N)c(Cl)cc1NCCNC(=O)C1CC1. The average Bonchev–Trinajstić information content (AvgIpc) is 3.14. The maximum absolute atomic E-state index is 11.4. The number of amides is 1. The summed E-state index contributed by atoms with van der Waals surface area (Å²) in [4.78, 5) is 11.4. The molecule has 0 spiro atoms. The first-order valence-electron chi connectivity index (χ1n) is 6.15. The van der Waals surface area contributed by atoms with Crippen LogP contribution in [-0.4, -0.2) is 19.0 Å². The van der Waals surface area contributed by atoms with Gasteiger partial charge in [-0.3, -0.25) is 4.79 Å². The Morgan fingerprint density at radius 3 is 2.83 bits per heavy atom. The van der Waals surface area contributed by atoms with Gasteiger partial charge < -0.3 is 16.4 Å². The summed E-state index contributed by atoms with van der Waals surface area (Å²) in [6.07, 6.45) is 2.07. The third-order valence-corrected chi connectivity index (χ3v) is 3.36. The molecule has 0 aliphatic heterocycles. The molecule has 0 atom stereocenters. The van der Waals surface area contributed by atoms with Gasteiger partial charge in [-0.1, -0.05) is 11.6 Å². The molecule has 1 aromatic rings. The summed E-state index contributed by atoms with van der Waals surface area (Å²) in [5.41, 5.74) is 8.29. The van der Waals surface area contributed by atoms with E-state index in [4.69, 9.17) is 17.3 Å². The lowest BCUT2D eigenvalue weighted by atomic mass is 10.2. The highest BCUT2D eigenvalue weighted by Gasteiger charge is 2.28. The minimum absolute atomic E-state index is 0.170. The van der Waals surface area contributed by atoms with Crippen molar-refractivity contribution in [1.82, 2.24) is 5.32 Å². The molecule has 98 valence electrons. The van der Waals surface area contributed by atoms with Crippen molar-refractivity contribution in [1.29, 1.82) is 0 Å². The summed E-state index contributed by atoms with van der Waals surface area (Å²) >= 11 is 5.96. The van der Waals surface area contributed by atoms with Crippen LogP contribution in [0.5, 0.6) is 0 Å². The molecule has 1 aliphatic rings. The van der Waals surface area contributed by atoms with Gasteiger partial charge in [0.05, 0.1) is 10.7 Å². The van der Waals surface area contributed by atoms with Crippen LogP contribution in [0, 0.1) is 12.8 Å². The number of nitrogen functional groups attached to an aromatic ring is 1. The van der Waals surface area contributed by atoms with E-state index < -0.39 is 0 Å². The molecule has 1 fully saturated rings. The standard InChI is InChI=1S/C13H18ClN3O/c1-8-6-11(15)10(14)7-12(8)16-4-5-17-13(18)9-2-3-9/h6-7,9,16H,2-5,15H2,1H3,(H,17,18). The number of nitrogens with one attached hydrogen (secondary N) is 2. The van der Waals surface area contributed by atoms with E-state index in [1.807, 2.05) is 19.1 Å². The number of halogens is 1. The van der Waals surface area contributed by atoms with Gasteiger partial charge in [0.15, 0.2) is 0 Å². The molecule has 0 bridgehead atoms. The van der Waals surface area contributed by atoms with Crippen molar-refractivity contribution in [2.45, 2.75) is 19.8 Å². The number of benzene rings is 1. The van der Waals surface area contributed by atoms with E-state index in [-0.39, 0.29) is 11.8 Å². The Hall–Kier alpha value is -1.42. The summed E-state index contributed by atoms with van der Waals surface area (Å²) < 4.78 is 0. The molecule has 1 aromatic carbocycles. The highest BCUT2D eigenvalue weighted by atomic mass is 35.5. The Labute approximate surface area is 112 Å². The van der Waals surface area contributed by atoms with E-state index >= 15 is 0 Å². The molecule has 1 saturated carbocycles. The smallest absolute Gasteiger partial charge is 0.223 e. The second-order valence-corrected chi connectivity index (χ2v) is 5.09. The van der Waals surface area contributed by atoms with Crippen LogP contribution in [0.4, 0.5) is 11.4 Å². The Kier molecular flexibility index (Phi) is 3.97. The number of aryl methyl sites for hydroxylation is 1. The van der Waals surface area contributed by atoms with Gasteiger partial charge in [0.25, 0.3) is 0 Å². The number of carbonyl (C=O) groups excluding carboxylic acids is 1. The van der Waals surface area contributed by atoms with Gasteiger partial charge in [0.1, 0.15) is 0 Å². The largest absolute Gasteiger partial charge is 0.398 e. The summed E-state index contributed by atoms with van der Waals surface area (Å²) in [5, 5.41) is 6.69. The van der Waals surface area contributed by atoms with Crippen LogP contribution in [0.2, 0.25) is 5.02 Å². The predicted molar refractivity (Wildman–Crippen MR) is 74.8 cm³/mol. The molecule has 0 saturated heterocycles. The molecular formula is C13H18ClN3O. The second kappa shape index (κ2) is 5.48. The summed E-state index contributed by atoms with van der Waals surface area (Å²) in [6, 6.07) is 3.66. The van der Waals surface area contributed by atoms with Crippen LogP contribution in [0.15, 0.2) is 12.1 Å². The number of rotatable bonds is 5. The van der Waals surface area contributed by atoms with Crippen LogP contribution in [-0.2, 0) is 4.79 Å². The van der Waals surface area contributed by atoms with E-state index in [2.05, 4.69) is 10.6 Å². The highest BCUT2D eigenvalue weighted by Crippen LogP contribution is 2.28. The molecular weight excluding hydrogens is 250 g/mol. The number of anilines is 2. The summed E-state index contributed by atoms with van der Waals surface area (Å²) in [7, 11) is 0. The quantitative estimate of drug-likeness (QED) is 0.566. The maximum atomic E-state index is 11.4. The Balaban J connectivity index is 1.79. The van der Waals surface area contributed by atoms with Crippen LogP contribution >= 0.6 is 11.6 Å². The van der Waals surface area contributed by atoms with Gasteiger partial charge in [-0.25, -0.2) is 0 Å². The van der Waals surface area contributed by atoms with Crippen molar-refractivity contribution >= 4 is 28.9 Å². The predicted octanol–water partition coefficient (Wildman–Crippen LogP) is 2.17. The van der Waals surface area contributed by atoms with E-state index in [0.29, 0.717) is 23.8 Å². The van der Waals surface area contributed by atoms with Crippen molar-refractivity contribution in [3.8, 4) is 0 Å². The van der Waals surface area contributed by atoms with Gasteiger partial charge in [-0.2, -0.15) is 0 Å². The van der Waals surface area contributed by atoms with Gasteiger partial charge in [0.2, 0.25) is 5.91 Å². The number of carbonyl (C=O) groups is 1. The van der Waals surface area contributed by atoms with Crippen LogP contribution < -0.4 is 16.4 Å². The molecule has 5 heteroatoms. The molecule has 1 aliphatic carbocycles. The van der Waals surface area contributed by atoms with Gasteiger partial charge in [0, 0.05) is 24.7 Å². The van der Waals surface area contributed by atoms with Gasteiger partial charge >= 0.3 is 0 Å². The van der Waals surface area contributed by atoms with Crippen LogP contribution in [0.25, 0.3) is 0 Å². The molecule has 18 heavy (non-hydrogen) atoms. The number of nitrogens with two attached hydrogens (primary N) is 1. The molecule has 4 nitrogen and oxygen atoms in total. The summed E-state index contributed by atoms with van der Waals surface area (Å²) in [6.45, 7) is 3.27. The van der Waals surface area contributed by atoms with E-state index in [9.17, 15) is 4.79 Å². The number of hydrogen-bond acceptors (Lipinski definition) is 3. The lowest BCUT2D eigenvalue weighted by Crippen LogP contribution is -2.29. The van der Waals surface area contributed by atoms with Crippen LogP contribution in [0.1, 0.15) is 18.4 Å². The zero-order chi connectivity index (χ0) is 13.1. The van der Waals surface area contributed by atoms with E-state index in [0.717, 1.165) is 24.1 Å². The van der Waals surface area contributed by atoms with Gasteiger partial charge in [-0.15, -0.1) is 0 Å². The molecule has 1 amide bonds. The fraction of sp³-hybridized carbons (Fsp3) is 0.462.